The van der Waals surface area contributed by atoms with Gasteiger partial charge in [0.15, 0.2) is 0 Å². The van der Waals surface area contributed by atoms with Crippen LogP contribution in [0.2, 0.25) is 0 Å². The molecule has 26 heavy (non-hydrogen) atoms. The molecule has 0 radical (unpaired) electrons. The second kappa shape index (κ2) is 9.51. The fraction of sp³-hybridized carbons (Fsp3) is 0.765. The zero-order valence-electron chi connectivity index (χ0n) is 15.8. The monoisotopic (exact) mass is 370 g/mol. The van der Waals surface area contributed by atoms with Crippen molar-refractivity contribution in [3.8, 4) is 0 Å². The molecule has 0 aromatic carbocycles. The molecule has 9 heteroatoms. The molecule has 1 heterocycles. The molecular weight excluding hydrogens is 340 g/mol. The number of carbonyl (C=O) groups is 4. The van der Waals surface area contributed by atoms with Crippen LogP contribution in [0, 0.1) is 11.8 Å². The molecule has 148 valence electrons. The molecule has 0 aromatic heterocycles. The predicted octanol–water partition coefficient (Wildman–Crippen LogP) is -0.698. The third-order valence-electron chi connectivity index (χ3n) is 4.51. The maximum atomic E-state index is 12.7. The number of carbonyl (C=O) groups excluding carboxylic acids is 3. The van der Waals surface area contributed by atoms with Crippen molar-refractivity contribution in [2.75, 3.05) is 13.1 Å². The van der Waals surface area contributed by atoms with Crippen LogP contribution in [-0.2, 0) is 19.2 Å². The molecule has 9 nitrogen and oxygen atoms in total. The Morgan fingerprint density at radius 3 is 2.27 bits per heavy atom. The van der Waals surface area contributed by atoms with Crippen LogP contribution in [-0.4, -0.2) is 64.9 Å². The highest BCUT2D eigenvalue weighted by Crippen LogP contribution is 2.20. The molecule has 1 fully saturated rings. The average molecular weight is 370 g/mol. The van der Waals surface area contributed by atoms with Crippen LogP contribution in [0.25, 0.3) is 0 Å². The van der Waals surface area contributed by atoms with E-state index in [1.807, 2.05) is 0 Å². The SMILES string of the molecule is CC(C)C(N)C(=O)NCC(=O)NC(C(=O)N1CCCC1C(=O)O)C(C)C. The van der Waals surface area contributed by atoms with E-state index in [0.29, 0.717) is 19.4 Å². The number of nitrogens with zero attached hydrogens (tertiary/aromatic N) is 1. The molecule has 0 aliphatic carbocycles. The lowest BCUT2D eigenvalue weighted by Crippen LogP contribution is -2.55. The Hall–Kier alpha value is -2.16. The maximum absolute atomic E-state index is 12.7. The zero-order chi connectivity index (χ0) is 20.0. The highest BCUT2D eigenvalue weighted by Gasteiger charge is 2.38. The molecule has 0 aromatic rings. The molecule has 0 spiro atoms. The summed E-state index contributed by atoms with van der Waals surface area (Å²) in [6, 6.07) is -2.42. The smallest absolute Gasteiger partial charge is 0.326 e. The summed E-state index contributed by atoms with van der Waals surface area (Å²) in [5, 5.41) is 14.3. The predicted molar refractivity (Wildman–Crippen MR) is 95.0 cm³/mol. The number of carboxylic acid groups (broad SMARTS) is 1. The van der Waals surface area contributed by atoms with E-state index in [4.69, 9.17) is 5.73 Å². The van der Waals surface area contributed by atoms with Gasteiger partial charge < -0.3 is 26.4 Å². The van der Waals surface area contributed by atoms with Gasteiger partial charge in [0.2, 0.25) is 17.7 Å². The topological polar surface area (TPSA) is 142 Å². The average Bonchev–Trinajstić information content (AvgIpc) is 3.05. The van der Waals surface area contributed by atoms with Gasteiger partial charge in [0.25, 0.3) is 0 Å². The number of rotatable bonds is 8. The Morgan fingerprint density at radius 2 is 1.77 bits per heavy atom. The summed E-state index contributed by atoms with van der Waals surface area (Å²) in [5.41, 5.74) is 5.71. The molecule has 3 atom stereocenters. The number of hydrogen-bond donors (Lipinski definition) is 4. The van der Waals surface area contributed by atoms with Gasteiger partial charge in [-0.05, 0) is 24.7 Å². The Bertz CT molecular complexity index is 549. The van der Waals surface area contributed by atoms with Crippen LogP contribution >= 0.6 is 0 Å². The third kappa shape index (κ3) is 5.69. The van der Waals surface area contributed by atoms with Gasteiger partial charge in [-0.3, -0.25) is 14.4 Å². The maximum Gasteiger partial charge on any atom is 0.326 e. The molecule has 1 aliphatic rings. The number of hydrogen-bond acceptors (Lipinski definition) is 5. The molecule has 1 rings (SSSR count). The highest BCUT2D eigenvalue weighted by molar-refractivity contribution is 5.93. The third-order valence-corrected chi connectivity index (χ3v) is 4.51. The summed E-state index contributed by atoms with van der Waals surface area (Å²) in [4.78, 5) is 49.3. The Morgan fingerprint density at radius 1 is 1.15 bits per heavy atom. The molecular formula is C17H30N4O5. The van der Waals surface area contributed by atoms with Crippen LogP contribution in [0.15, 0.2) is 0 Å². The first kappa shape index (κ1) is 21.9. The first-order chi connectivity index (χ1) is 12.1. The van der Waals surface area contributed by atoms with E-state index in [9.17, 15) is 24.3 Å². The minimum atomic E-state index is -1.04. The lowest BCUT2D eigenvalue weighted by molar-refractivity contribution is -0.150. The summed E-state index contributed by atoms with van der Waals surface area (Å²) in [6.45, 7) is 7.19. The van der Waals surface area contributed by atoms with Gasteiger partial charge in [0.1, 0.15) is 12.1 Å². The van der Waals surface area contributed by atoms with Crippen LogP contribution in [0.4, 0.5) is 0 Å². The van der Waals surface area contributed by atoms with E-state index in [1.165, 1.54) is 4.90 Å². The van der Waals surface area contributed by atoms with E-state index >= 15 is 0 Å². The Labute approximate surface area is 153 Å². The molecule has 1 aliphatic heterocycles. The zero-order valence-corrected chi connectivity index (χ0v) is 15.8. The van der Waals surface area contributed by atoms with E-state index in [-0.39, 0.29) is 18.4 Å². The molecule has 5 N–H and O–H groups in total. The number of amides is 3. The molecule has 3 unspecified atom stereocenters. The van der Waals surface area contributed by atoms with Crippen molar-refractivity contribution >= 4 is 23.7 Å². The van der Waals surface area contributed by atoms with E-state index < -0.39 is 41.8 Å². The van der Waals surface area contributed by atoms with Crippen LogP contribution in [0.3, 0.4) is 0 Å². The fourth-order valence-electron chi connectivity index (χ4n) is 2.79. The quantitative estimate of drug-likeness (QED) is 0.445. The molecule has 0 bridgehead atoms. The van der Waals surface area contributed by atoms with Crippen LogP contribution in [0.5, 0.6) is 0 Å². The largest absolute Gasteiger partial charge is 0.480 e. The standard InChI is InChI=1S/C17H30N4O5/c1-9(2)13(18)15(23)19-8-12(22)20-14(10(3)4)16(24)21-7-5-6-11(21)17(25)26/h9-11,13-14H,5-8,18H2,1-4H3,(H,19,23)(H,20,22)(H,25,26). The van der Waals surface area contributed by atoms with E-state index in [2.05, 4.69) is 10.6 Å². The van der Waals surface area contributed by atoms with Gasteiger partial charge in [-0.15, -0.1) is 0 Å². The van der Waals surface area contributed by atoms with Crippen LogP contribution < -0.4 is 16.4 Å². The van der Waals surface area contributed by atoms with E-state index in [0.717, 1.165) is 0 Å². The van der Waals surface area contributed by atoms with Crippen molar-refractivity contribution in [2.24, 2.45) is 17.6 Å². The normalized spacial score (nSPS) is 19.3. The van der Waals surface area contributed by atoms with Crippen molar-refractivity contribution in [1.82, 2.24) is 15.5 Å². The summed E-state index contributed by atoms with van der Waals surface area (Å²) in [5.74, 6) is -2.70. The van der Waals surface area contributed by atoms with Crippen molar-refractivity contribution in [3.63, 3.8) is 0 Å². The minimum Gasteiger partial charge on any atom is -0.480 e. The van der Waals surface area contributed by atoms with Gasteiger partial charge in [-0.1, -0.05) is 27.7 Å². The second-order valence-electron chi connectivity index (χ2n) is 7.30. The summed E-state index contributed by atoms with van der Waals surface area (Å²) in [6.07, 6.45) is 1.02. The summed E-state index contributed by atoms with van der Waals surface area (Å²) in [7, 11) is 0. The number of carboxylic acids is 1. The number of nitrogens with two attached hydrogens (primary N) is 1. The fourth-order valence-corrected chi connectivity index (χ4v) is 2.79. The van der Waals surface area contributed by atoms with Crippen molar-refractivity contribution in [2.45, 2.75) is 58.7 Å². The number of aliphatic carboxylic acids is 1. The van der Waals surface area contributed by atoms with Gasteiger partial charge >= 0.3 is 5.97 Å². The lowest BCUT2D eigenvalue weighted by atomic mass is 10.0. The van der Waals surface area contributed by atoms with Crippen LogP contribution in [0.1, 0.15) is 40.5 Å². The highest BCUT2D eigenvalue weighted by atomic mass is 16.4. The van der Waals surface area contributed by atoms with Crippen molar-refractivity contribution in [1.29, 1.82) is 0 Å². The van der Waals surface area contributed by atoms with Crippen molar-refractivity contribution < 1.29 is 24.3 Å². The molecule has 1 saturated heterocycles. The summed E-state index contributed by atoms with van der Waals surface area (Å²) >= 11 is 0. The Balaban J connectivity index is 2.67. The second-order valence-corrected chi connectivity index (χ2v) is 7.30. The molecule has 3 amide bonds. The van der Waals surface area contributed by atoms with Gasteiger partial charge in [0, 0.05) is 6.54 Å². The van der Waals surface area contributed by atoms with Crippen molar-refractivity contribution in [3.05, 3.63) is 0 Å². The first-order valence-corrected chi connectivity index (χ1v) is 8.92. The molecule has 0 saturated carbocycles. The first-order valence-electron chi connectivity index (χ1n) is 8.92. The minimum absolute atomic E-state index is 0.0637. The van der Waals surface area contributed by atoms with Gasteiger partial charge in [-0.25, -0.2) is 4.79 Å². The summed E-state index contributed by atoms with van der Waals surface area (Å²) < 4.78 is 0. The Kier molecular flexibility index (Phi) is 8.01. The number of likely N-dealkylation sites (tertiary alicyclic amines) is 1. The van der Waals surface area contributed by atoms with Gasteiger partial charge in [0.05, 0.1) is 12.6 Å². The van der Waals surface area contributed by atoms with Gasteiger partial charge in [-0.2, -0.15) is 0 Å². The van der Waals surface area contributed by atoms with E-state index in [1.54, 1.807) is 27.7 Å². The number of nitrogens with one attached hydrogen (secondary N) is 2. The lowest BCUT2D eigenvalue weighted by Gasteiger charge is -2.29.